The molecule has 1 aromatic heterocycles. The maximum Gasteiger partial charge on any atom is 0.255 e. The van der Waals surface area contributed by atoms with Crippen molar-refractivity contribution in [3.05, 3.63) is 57.3 Å². The Bertz CT molecular complexity index is 1010. The Morgan fingerprint density at radius 2 is 2.07 bits per heavy atom. The first kappa shape index (κ1) is 19.3. The molecule has 5 rings (SSSR count). The van der Waals surface area contributed by atoms with E-state index >= 15 is 0 Å². The summed E-state index contributed by atoms with van der Waals surface area (Å²) in [6.45, 7) is 3.64. The van der Waals surface area contributed by atoms with E-state index in [0.717, 1.165) is 73.7 Å². The third-order valence-corrected chi connectivity index (χ3v) is 6.57. The van der Waals surface area contributed by atoms with Crippen molar-refractivity contribution in [3.63, 3.8) is 0 Å². The molecule has 0 bridgehead atoms. The fraction of sp³-hybridized carbons (Fsp3) is 0.522. The van der Waals surface area contributed by atoms with Crippen LogP contribution in [-0.4, -0.2) is 52.4 Å². The van der Waals surface area contributed by atoms with E-state index in [1.54, 1.807) is 7.11 Å². The number of hydrogen-bond acceptors (Lipinski definition) is 5. The number of rotatable bonds is 5. The zero-order valence-electron chi connectivity index (χ0n) is 17.4. The number of methoxy groups -OCH3 is 1. The van der Waals surface area contributed by atoms with Crippen molar-refractivity contribution >= 4 is 5.91 Å². The molecule has 0 radical (unpaired) electrons. The van der Waals surface area contributed by atoms with E-state index in [1.807, 2.05) is 23.1 Å². The van der Waals surface area contributed by atoms with Gasteiger partial charge >= 0.3 is 0 Å². The zero-order valence-corrected chi connectivity index (χ0v) is 17.4. The van der Waals surface area contributed by atoms with E-state index in [4.69, 9.17) is 9.72 Å². The van der Waals surface area contributed by atoms with E-state index in [0.29, 0.717) is 13.1 Å². The zero-order chi connectivity index (χ0) is 20.7. The summed E-state index contributed by atoms with van der Waals surface area (Å²) in [5.74, 6) is 2.29. The SMILES string of the molecule is COc1ccccc1CN1CCc2nc(C3CCN(C(=O)C4CC4)C3)[nH]c(=O)c2C1. The number of H-pyrrole nitrogens is 1. The molecule has 3 heterocycles. The molecule has 1 saturated heterocycles. The fourth-order valence-corrected chi connectivity index (χ4v) is 4.68. The molecule has 2 aromatic rings. The molecule has 1 N–H and O–H groups in total. The Morgan fingerprint density at radius 3 is 2.87 bits per heavy atom. The van der Waals surface area contributed by atoms with Crippen molar-refractivity contribution in [2.45, 2.75) is 44.7 Å². The number of aromatic amines is 1. The van der Waals surface area contributed by atoms with E-state index in [-0.39, 0.29) is 23.3 Å². The second-order valence-electron chi connectivity index (χ2n) is 8.69. The van der Waals surface area contributed by atoms with Crippen LogP contribution in [0.25, 0.3) is 0 Å². The lowest BCUT2D eigenvalue weighted by Crippen LogP contribution is -2.36. The van der Waals surface area contributed by atoms with Crippen LogP contribution in [0, 0.1) is 5.92 Å². The topological polar surface area (TPSA) is 78.5 Å². The van der Waals surface area contributed by atoms with Crippen LogP contribution < -0.4 is 10.3 Å². The van der Waals surface area contributed by atoms with Gasteiger partial charge in [0.1, 0.15) is 11.6 Å². The highest BCUT2D eigenvalue weighted by atomic mass is 16.5. The van der Waals surface area contributed by atoms with Gasteiger partial charge in [-0.05, 0) is 25.3 Å². The summed E-state index contributed by atoms with van der Waals surface area (Å²) < 4.78 is 5.46. The van der Waals surface area contributed by atoms with Gasteiger partial charge in [0, 0.05) is 56.5 Å². The Kier molecular flexibility index (Phi) is 5.06. The molecule has 2 fully saturated rings. The number of para-hydroxylation sites is 1. The Labute approximate surface area is 176 Å². The maximum atomic E-state index is 12.9. The highest BCUT2D eigenvalue weighted by Crippen LogP contribution is 2.34. The Balaban J connectivity index is 1.30. The number of fused-ring (bicyclic) bond motifs is 1. The molecule has 7 heteroatoms. The molecule has 1 unspecified atom stereocenters. The Morgan fingerprint density at radius 1 is 1.23 bits per heavy atom. The minimum atomic E-state index is -0.0355. The summed E-state index contributed by atoms with van der Waals surface area (Å²) in [4.78, 5) is 37.3. The van der Waals surface area contributed by atoms with Crippen LogP contribution >= 0.6 is 0 Å². The molecule has 0 spiro atoms. The predicted molar refractivity (Wildman–Crippen MR) is 112 cm³/mol. The second-order valence-corrected chi connectivity index (χ2v) is 8.69. The summed E-state index contributed by atoms with van der Waals surface area (Å²) in [5, 5.41) is 0. The van der Waals surface area contributed by atoms with Crippen molar-refractivity contribution in [1.29, 1.82) is 0 Å². The number of amides is 1. The Hall–Kier alpha value is -2.67. The summed E-state index contributed by atoms with van der Waals surface area (Å²) in [5.41, 5.74) is 2.77. The number of carbonyl (C=O) groups is 1. The van der Waals surface area contributed by atoms with Gasteiger partial charge in [0.05, 0.1) is 18.4 Å². The van der Waals surface area contributed by atoms with Crippen molar-refractivity contribution in [1.82, 2.24) is 19.8 Å². The van der Waals surface area contributed by atoms with E-state index in [2.05, 4.69) is 16.0 Å². The van der Waals surface area contributed by atoms with Crippen LogP contribution in [0.15, 0.2) is 29.1 Å². The number of nitrogens with one attached hydrogen (secondary N) is 1. The number of aromatic nitrogens is 2. The summed E-state index contributed by atoms with van der Waals surface area (Å²) in [6, 6.07) is 8.00. The first-order valence-electron chi connectivity index (χ1n) is 10.9. The third kappa shape index (κ3) is 3.74. The van der Waals surface area contributed by atoms with Gasteiger partial charge in [0.25, 0.3) is 5.56 Å². The van der Waals surface area contributed by atoms with Gasteiger partial charge in [-0.15, -0.1) is 0 Å². The van der Waals surface area contributed by atoms with Crippen molar-refractivity contribution in [3.8, 4) is 5.75 Å². The maximum absolute atomic E-state index is 12.9. The number of nitrogens with zero attached hydrogens (tertiary/aromatic N) is 3. The lowest BCUT2D eigenvalue weighted by atomic mass is 10.0. The second kappa shape index (κ2) is 7.87. The molecule has 1 aliphatic carbocycles. The standard InChI is InChI=1S/C23H28N4O3/c1-30-20-5-3-2-4-16(20)12-26-10-9-19-18(14-26)22(28)25-21(24-19)17-8-11-27(13-17)23(29)15-6-7-15/h2-5,15,17H,6-14H2,1H3,(H,24,25,28). The lowest BCUT2D eigenvalue weighted by molar-refractivity contribution is -0.131. The average Bonchev–Trinajstić information content (AvgIpc) is 3.50. The molecule has 3 aliphatic rings. The molecular weight excluding hydrogens is 380 g/mol. The van der Waals surface area contributed by atoms with E-state index in [1.165, 1.54) is 0 Å². The molecule has 1 atom stereocenters. The van der Waals surface area contributed by atoms with Crippen molar-refractivity contribution in [2.24, 2.45) is 5.92 Å². The van der Waals surface area contributed by atoms with Crippen LogP contribution in [0.5, 0.6) is 5.75 Å². The molecule has 2 aliphatic heterocycles. The number of ether oxygens (including phenoxy) is 1. The minimum absolute atomic E-state index is 0.0355. The molecule has 158 valence electrons. The average molecular weight is 409 g/mol. The number of benzene rings is 1. The largest absolute Gasteiger partial charge is 0.496 e. The van der Waals surface area contributed by atoms with Gasteiger partial charge in [-0.2, -0.15) is 0 Å². The van der Waals surface area contributed by atoms with Gasteiger partial charge in [0.15, 0.2) is 0 Å². The lowest BCUT2D eigenvalue weighted by Gasteiger charge is -2.28. The minimum Gasteiger partial charge on any atom is -0.496 e. The van der Waals surface area contributed by atoms with E-state index < -0.39 is 0 Å². The molecule has 1 aromatic carbocycles. The summed E-state index contributed by atoms with van der Waals surface area (Å²) in [6.07, 6.45) is 3.69. The van der Waals surface area contributed by atoms with Crippen molar-refractivity contribution in [2.75, 3.05) is 26.7 Å². The van der Waals surface area contributed by atoms with Crippen LogP contribution in [-0.2, 0) is 24.3 Å². The van der Waals surface area contributed by atoms with Crippen LogP contribution in [0.3, 0.4) is 0 Å². The van der Waals surface area contributed by atoms with Gasteiger partial charge in [-0.3, -0.25) is 14.5 Å². The van der Waals surface area contributed by atoms with Gasteiger partial charge in [-0.25, -0.2) is 4.98 Å². The van der Waals surface area contributed by atoms with Gasteiger partial charge < -0.3 is 14.6 Å². The molecule has 1 amide bonds. The molecule has 30 heavy (non-hydrogen) atoms. The first-order chi connectivity index (χ1) is 14.6. The summed E-state index contributed by atoms with van der Waals surface area (Å²) in [7, 11) is 1.68. The van der Waals surface area contributed by atoms with E-state index in [9.17, 15) is 9.59 Å². The molecular formula is C23H28N4O3. The number of carbonyl (C=O) groups excluding carboxylic acids is 1. The molecule has 7 nitrogen and oxygen atoms in total. The summed E-state index contributed by atoms with van der Waals surface area (Å²) >= 11 is 0. The fourth-order valence-electron chi connectivity index (χ4n) is 4.68. The highest BCUT2D eigenvalue weighted by Gasteiger charge is 2.37. The van der Waals surface area contributed by atoms with Crippen LogP contribution in [0.1, 0.15) is 47.8 Å². The van der Waals surface area contributed by atoms with Crippen LogP contribution in [0.4, 0.5) is 0 Å². The van der Waals surface area contributed by atoms with Gasteiger partial charge in [-0.1, -0.05) is 18.2 Å². The normalized spacial score (nSPS) is 21.5. The number of hydrogen-bond donors (Lipinski definition) is 1. The highest BCUT2D eigenvalue weighted by molar-refractivity contribution is 5.81. The van der Waals surface area contributed by atoms with Crippen LogP contribution in [0.2, 0.25) is 0 Å². The quantitative estimate of drug-likeness (QED) is 0.819. The number of likely N-dealkylation sites (tertiary alicyclic amines) is 1. The third-order valence-electron chi connectivity index (χ3n) is 6.57. The smallest absolute Gasteiger partial charge is 0.255 e. The predicted octanol–water partition coefficient (Wildman–Crippen LogP) is 2.06. The van der Waals surface area contributed by atoms with Gasteiger partial charge in [0.2, 0.25) is 5.91 Å². The first-order valence-corrected chi connectivity index (χ1v) is 10.9. The molecule has 1 saturated carbocycles. The van der Waals surface area contributed by atoms with Crippen molar-refractivity contribution < 1.29 is 9.53 Å². The monoisotopic (exact) mass is 408 g/mol.